The van der Waals surface area contributed by atoms with Crippen molar-refractivity contribution in [2.24, 2.45) is 7.05 Å². The molecule has 0 spiro atoms. The van der Waals surface area contributed by atoms with Gasteiger partial charge in [0.05, 0.1) is 18.7 Å². The third kappa shape index (κ3) is 3.28. The molecule has 0 atom stereocenters. The highest BCUT2D eigenvalue weighted by atomic mass is 32.1. The standard InChI is InChI=1S/C17H19N5O3S/c1-4-25-17(24)22-6-5-11-12(7-18)16(26-13(11)9-22)19-15(23)14-10(2)8-21(3)20-14/h8H,4-6,9H2,1-3H3,(H,19,23). The Morgan fingerprint density at radius 3 is 2.88 bits per heavy atom. The highest BCUT2D eigenvalue weighted by molar-refractivity contribution is 7.16. The maximum atomic E-state index is 12.5. The molecule has 0 unspecified atom stereocenters. The summed E-state index contributed by atoms with van der Waals surface area (Å²) in [5, 5.41) is 17.0. The van der Waals surface area contributed by atoms with Crippen LogP contribution in [0.5, 0.6) is 0 Å². The first kappa shape index (κ1) is 17.9. The van der Waals surface area contributed by atoms with Crippen LogP contribution < -0.4 is 5.32 Å². The van der Waals surface area contributed by atoms with E-state index in [4.69, 9.17) is 4.74 Å². The molecule has 0 fully saturated rings. The number of carbonyl (C=O) groups is 2. The van der Waals surface area contributed by atoms with Crippen molar-refractivity contribution >= 4 is 28.3 Å². The van der Waals surface area contributed by atoms with E-state index in [2.05, 4.69) is 16.5 Å². The fourth-order valence-corrected chi connectivity index (χ4v) is 4.18. The van der Waals surface area contributed by atoms with Gasteiger partial charge in [0.25, 0.3) is 5.91 Å². The van der Waals surface area contributed by atoms with Crippen LogP contribution in [0.25, 0.3) is 0 Å². The van der Waals surface area contributed by atoms with Crippen molar-refractivity contribution < 1.29 is 14.3 Å². The fraction of sp³-hybridized carbons (Fsp3) is 0.412. The minimum atomic E-state index is -0.361. The molecule has 136 valence electrons. The number of ether oxygens (including phenoxy) is 1. The molecule has 2 aromatic heterocycles. The first-order valence-electron chi connectivity index (χ1n) is 8.22. The Hall–Kier alpha value is -2.86. The number of hydrogen-bond donors (Lipinski definition) is 1. The Morgan fingerprint density at radius 2 is 2.27 bits per heavy atom. The van der Waals surface area contributed by atoms with Crippen LogP contribution in [0.2, 0.25) is 0 Å². The molecule has 3 rings (SSSR count). The number of nitrogens with one attached hydrogen (secondary N) is 1. The van der Waals surface area contributed by atoms with Crippen molar-refractivity contribution in [3.05, 3.63) is 33.5 Å². The van der Waals surface area contributed by atoms with Crippen molar-refractivity contribution in [1.29, 1.82) is 5.26 Å². The zero-order valence-electron chi connectivity index (χ0n) is 14.8. The van der Waals surface area contributed by atoms with E-state index in [0.29, 0.717) is 42.4 Å². The average molecular weight is 373 g/mol. The molecule has 3 heterocycles. The van der Waals surface area contributed by atoms with Gasteiger partial charge in [-0.3, -0.25) is 9.48 Å². The molecule has 0 radical (unpaired) electrons. The quantitative estimate of drug-likeness (QED) is 0.890. The Kier molecular flexibility index (Phi) is 4.95. The molecule has 1 N–H and O–H groups in total. The summed E-state index contributed by atoms with van der Waals surface area (Å²) in [5.41, 5.74) is 2.45. The lowest BCUT2D eigenvalue weighted by molar-refractivity contribution is 0.101. The van der Waals surface area contributed by atoms with Gasteiger partial charge < -0.3 is 15.0 Å². The first-order chi connectivity index (χ1) is 12.4. The molecule has 1 aliphatic rings. The van der Waals surface area contributed by atoms with Crippen molar-refractivity contribution in [2.75, 3.05) is 18.5 Å². The lowest BCUT2D eigenvalue weighted by Gasteiger charge is -2.25. The number of fused-ring (bicyclic) bond motifs is 1. The van der Waals surface area contributed by atoms with E-state index >= 15 is 0 Å². The minimum absolute atomic E-state index is 0.320. The SMILES string of the molecule is CCOC(=O)N1CCc2c(sc(NC(=O)c3nn(C)cc3C)c2C#N)C1. The van der Waals surface area contributed by atoms with Crippen LogP contribution in [0.15, 0.2) is 6.20 Å². The summed E-state index contributed by atoms with van der Waals surface area (Å²) in [6, 6.07) is 2.18. The number of nitrogens with zero attached hydrogens (tertiary/aromatic N) is 4. The summed E-state index contributed by atoms with van der Waals surface area (Å²) in [7, 11) is 1.75. The fourth-order valence-electron chi connectivity index (χ4n) is 2.97. The third-order valence-corrected chi connectivity index (χ3v) is 5.28. The van der Waals surface area contributed by atoms with Crippen LogP contribution in [0, 0.1) is 18.3 Å². The summed E-state index contributed by atoms with van der Waals surface area (Å²) in [5.74, 6) is -0.347. The van der Waals surface area contributed by atoms with Gasteiger partial charge in [0, 0.05) is 30.2 Å². The Morgan fingerprint density at radius 1 is 1.50 bits per heavy atom. The molecular weight excluding hydrogens is 354 g/mol. The van der Waals surface area contributed by atoms with Gasteiger partial charge in [-0.15, -0.1) is 11.3 Å². The number of nitriles is 1. The molecule has 0 aromatic carbocycles. The number of hydrogen-bond acceptors (Lipinski definition) is 6. The van der Waals surface area contributed by atoms with E-state index in [9.17, 15) is 14.9 Å². The predicted octanol–water partition coefficient (Wildman–Crippen LogP) is 2.43. The summed E-state index contributed by atoms with van der Waals surface area (Å²) in [4.78, 5) is 27.0. The second kappa shape index (κ2) is 7.17. The van der Waals surface area contributed by atoms with Crippen molar-refractivity contribution in [3.8, 4) is 6.07 Å². The van der Waals surface area contributed by atoms with Crippen molar-refractivity contribution in [3.63, 3.8) is 0 Å². The maximum absolute atomic E-state index is 12.5. The normalized spacial score (nSPS) is 13.1. The van der Waals surface area contributed by atoms with Crippen molar-refractivity contribution in [1.82, 2.24) is 14.7 Å². The van der Waals surface area contributed by atoms with Gasteiger partial charge >= 0.3 is 6.09 Å². The minimum Gasteiger partial charge on any atom is -0.450 e. The Labute approximate surface area is 155 Å². The molecule has 9 heteroatoms. The molecule has 0 aliphatic carbocycles. The first-order valence-corrected chi connectivity index (χ1v) is 9.04. The number of amides is 2. The van der Waals surface area contributed by atoms with E-state index in [1.165, 1.54) is 11.3 Å². The van der Waals surface area contributed by atoms with Gasteiger partial charge in [0.2, 0.25) is 0 Å². The van der Waals surface area contributed by atoms with E-state index in [-0.39, 0.29) is 12.0 Å². The molecular formula is C17H19N5O3S. The van der Waals surface area contributed by atoms with E-state index in [1.807, 2.05) is 6.92 Å². The molecule has 26 heavy (non-hydrogen) atoms. The van der Waals surface area contributed by atoms with Crippen LogP contribution >= 0.6 is 11.3 Å². The van der Waals surface area contributed by atoms with Crippen LogP contribution in [0.4, 0.5) is 9.80 Å². The molecule has 0 bridgehead atoms. The monoisotopic (exact) mass is 373 g/mol. The van der Waals surface area contributed by atoms with Crippen LogP contribution in [0.3, 0.4) is 0 Å². The summed E-state index contributed by atoms with van der Waals surface area (Å²) < 4.78 is 6.62. The van der Waals surface area contributed by atoms with E-state index in [0.717, 1.165) is 16.0 Å². The van der Waals surface area contributed by atoms with Crippen LogP contribution in [-0.2, 0) is 24.8 Å². The predicted molar refractivity (Wildman–Crippen MR) is 96.1 cm³/mol. The molecule has 2 amide bonds. The van der Waals surface area contributed by atoms with Gasteiger partial charge in [-0.2, -0.15) is 10.4 Å². The van der Waals surface area contributed by atoms with Crippen LogP contribution in [0.1, 0.15) is 39.0 Å². The number of aryl methyl sites for hydroxylation is 2. The van der Waals surface area contributed by atoms with E-state index < -0.39 is 0 Å². The molecule has 8 nitrogen and oxygen atoms in total. The lowest BCUT2D eigenvalue weighted by Crippen LogP contribution is -2.35. The zero-order valence-corrected chi connectivity index (χ0v) is 15.6. The second-order valence-corrected chi connectivity index (χ2v) is 7.08. The number of carbonyl (C=O) groups excluding carboxylic acids is 2. The molecule has 2 aromatic rings. The lowest BCUT2D eigenvalue weighted by atomic mass is 10.0. The summed E-state index contributed by atoms with van der Waals surface area (Å²) in [6.45, 7) is 4.76. The number of thiophene rings is 1. The molecule has 1 aliphatic heterocycles. The van der Waals surface area contributed by atoms with Gasteiger partial charge in [-0.05, 0) is 25.8 Å². The topological polar surface area (TPSA) is 100 Å². The Balaban J connectivity index is 1.84. The van der Waals surface area contributed by atoms with Gasteiger partial charge in [-0.1, -0.05) is 0 Å². The summed E-state index contributed by atoms with van der Waals surface area (Å²) >= 11 is 1.32. The highest BCUT2D eigenvalue weighted by Crippen LogP contribution is 2.37. The molecule has 0 saturated carbocycles. The Bertz CT molecular complexity index is 908. The smallest absolute Gasteiger partial charge is 0.410 e. The molecule has 0 saturated heterocycles. The maximum Gasteiger partial charge on any atom is 0.410 e. The van der Waals surface area contributed by atoms with Gasteiger partial charge in [0.1, 0.15) is 11.1 Å². The number of aromatic nitrogens is 2. The van der Waals surface area contributed by atoms with Gasteiger partial charge in [-0.25, -0.2) is 4.79 Å². The number of rotatable bonds is 3. The number of anilines is 1. The highest BCUT2D eigenvalue weighted by Gasteiger charge is 2.28. The van der Waals surface area contributed by atoms with Gasteiger partial charge in [0.15, 0.2) is 5.69 Å². The van der Waals surface area contributed by atoms with Crippen LogP contribution in [-0.4, -0.2) is 39.8 Å². The van der Waals surface area contributed by atoms with E-state index in [1.54, 1.807) is 29.7 Å². The zero-order chi connectivity index (χ0) is 18.8. The largest absolute Gasteiger partial charge is 0.450 e. The second-order valence-electron chi connectivity index (χ2n) is 5.98. The third-order valence-electron chi connectivity index (χ3n) is 4.15. The average Bonchev–Trinajstić information content (AvgIpc) is 3.12. The van der Waals surface area contributed by atoms with Crippen molar-refractivity contribution in [2.45, 2.75) is 26.8 Å². The summed E-state index contributed by atoms with van der Waals surface area (Å²) in [6.07, 6.45) is 1.96.